The maximum Gasteiger partial charge on any atom is 0.143 e. The largest absolute Gasteiger partial charge is 0.506 e. The molecule has 1 aromatic rings. The van der Waals surface area contributed by atoms with E-state index in [0.717, 1.165) is 6.21 Å². The van der Waals surface area contributed by atoms with Crippen molar-refractivity contribution in [3.63, 3.8) is 0 Å². The Bertz CT molecular complexity index is 336. The van der Waals surface area contributed by atoms with Crippen molar-refractivity contribution in [1.82, 2.24) is 4.98 Å². The van der Waals surface area contributed by atoms with Crippen LogP contribution in [0.3, 0.4) is 0 Å². The van der Waals surface area contributed by atoms with Crippen LogP contribution >= 0.6 is 0 Å². The summed E-state index contributed by atoms with van der Waals surface area (Å²) in [5.41, 5.74) is 1.34. The van der Waals surface area contributed by atoms with Crippen LogP contribution in [-0.4, -0.2) is 26.6 Å². The number of aliphatic hydroxyl groups is 1. The lowest BCUT2D eigenvalue weighted by Crippen LogP contribution is -1.99. The zero-order chi connectivity index (χ0) is 9.84. The summed E-state index contributed by atoms with van der Waals surface area (Å²) < 4.78 is 0. The van der Waals surface area contributed by atoms with Crippen molar-refractivity contribution >= 4 is 6.21 Å². The van der Waals surface area contributed by atoms with Crippen LogP contribution in [0.4, 0.5) is 0 Å². The molecular weight excluding hydrogens is 172 g/mol. The maximum absolute atomic E-state index is 9.30. The van der Waals surface area contributed by atoms with E-state index in [0.29, 0.717) is 11.3 Å². The molecule has 70 valence electrons. The molecule has 5 heteroatoms. The molecule has 0 unspecified atom stereocenters. The average molecular weight is 182 g/mol. The third-order valence-corrected chi connectivity index (χ3v) is 1.76. The molecule has 0 aliphatic carbocycles. The molecule has 0 aliphatic heterocycles. The van der Waals surface area contributed by atoms with Gasteiger partial charge >= 0.3 is 0 Å². The van der Waals surface area contributed by atoms with Crippen molar-refractivity contribution in [3.05, 3.63) is 23.0 Å². The molecule has 0 aliphatic rings. The summed E-state index contributed by atoms with van der Waals surface area (Å²) in [6, 6.07) is 0. The van der Waals surface area contributed by atoms with Gasteiger partial charge in [-0.25, -0.2) is 0 Å². The van der Waals surface area contributed by atoms with Crippen LogP contribution in [-0.2, 0) is 6.61 Å². The van der Waals surface area contributed by atoms with Gasteiger partial charge in [-0.15, -0.1) is 0 Å². The fourth-order valence-corrected chi connectivity index (χ4v) is 1.06. The van der Waals surface area contributed by atoms with Gasteiger partial charge in [-0.1, -0.05) is 5.16 Å². The first-order chi connectivity index (χ1) is 6.20. The van der Waals surface area contributed by atoms with E-state index in [4.69, 9.17) is 10.3 Å². The summed E-state index contributed by atoms with van der Waals surface area (Å²) in [7, 11) is 0. The summed E-state index contributed by atoms with van der Waals surface area (Å²) in [6.45, 7) is 1.44. The molecule has 0 radical (unpaired) electrons. The number of nitrogens with zero attached hydrogens (tertiary/aromatic N) is 2. The molecular formula is C8H10N2O3. The first-order valence-corrected chi connectivity index (χ1v) is 3.66. The van der Waals surface area contributed by atoms with Crippen LogP contribution in [0.25, 0.3) is 0 Å². The molecule has 0 aromatic carbocycles. The number of rotatable bonds is 2. The number of oxime groups is 1. The van der Waals surface area contributed by atoms with E-state index in [9.17, 15) is 5.11 Å². The van der Waals surface area contributed by atoms with E-state index in [-0.39, 0.29) is 17.9 Å². The summed E-state index contributed by atoms with van der Waals surface area (Å²) in [5.74, 6) is -0.118. The lowest BCUT2D eigenvalue weighted by atomic mass is 10.1. The van der Waals surface area contributed by atoms with Gasteiger partial charge in [0.05, 0.1) is 19.0 Å². The van der Waals surface area contributed by atoms with Crippen molar-refractivity contribution in [1.29, 1.82) is 0 Å². The second-order valence-corrected chi connectivity index (χ2v) is 2.52. The highest BCUT2D eigenvalue weighted by Crippen LogP contribution is 2.20. The van der Waals surface area contributed by atoms with Gasteiger partial charge in [-0.2, -0.15) is 0 Å². The van der Waals surface area contributed by atoms with Gasteiger partial charge < -0.3 is 15.4 Å². The van der Waals surface area contributed by atoms with Gasteiger partial charge in [0.2, 0.25) is 0 Å². The predicted octanol–water partition coefficient (Wildman–Crippen LogP) is 0.396. The molecule has 1 rings (SSSR count). The van der Waals surface area contributed by atoms with Gasteiger partial charge in [-0.3, -0.25) is 4.98 Å². The topological polar surface area (TPSA) is 85.9 Å². The second kappa shape index (κ2) is 3.86. The van der Waals surface area contributed by atoms with Gasteiger partial charge in [0.1, 0.15) is 5.75 Å². The summed E-state index contributed by atoms with van der Waals surface area (Å²) >= 11 is 0. The van der Waals surface area contributed by atoms with E-state index in [1.807, 2.05) is 0 Å². The fourth-order valence-electron chi connectivity index (χ4n) is 1.06. The lowest BCUT2D eigenvalue weighted by Gasteiger charge is -2.06. The monoisotopic (exact) mass is 182 g/mol. The van der Waals surface area contributed by atoms with Gasteiger partial charge in [0.15, 0.2) is 0 Å². The number of aryl methyl sites for hydroxylation is 1. The van der Waals surface area contributed by atoms with Gasteiger partial charge in [-0.05, 0) is 6.92 Å². The van der Waals surface area contributed by atoms with E-state index in [1.165, 1.54) is 6.20 Å². The SMILES string of the molecule is Cc1ncc(O)c(/C=N/O)c1CO. The Labute approximate surface area is 75.0 Å². The molecule has 0 saturated heterocycles. The van der Waals surface area contributed by atoms with Crippen LogP contribution in [0.5, 0.6) is 5.75 Å². The maximum atomic E-state index is 9.30. The van der Waals surface area contributed by atoms with Crippen LogP contribution in [0.1, 0.15) is 16.8 Å². The number of aliphatic hydroxyl groups excluding tert-OH is 1. The zero-order valence-corrected chi connectivity index (χ0v) is 7.10. The molecule has 3 N–H and O–H groups in total. The van der Waals surface area contributed by atoms with Crippen molar-refractivity contribution in [3.8, 4) is 5.75 Å². The first kappa shape index (κ1) is 9.47. The van der Waals surface area contributed by atoms with Crippen molar-refractivity contribution in [2.75, 3.05) is 0 Å². The number of hydrogen-bond acceptors (Lipinski definition) is 5. The van der Waals surface area contributed by atoms with Gasteiger partial charge in [0.25, 0.3) is 0 Å². The fraction of sp³-hybridized carbons (Fsp3) is 0.250. The van der Waals surface area contributed by atoms with Crippen molar-refractivity contribution < 1.29 is 15.4 Å². The Morgan fingerprint density at radius 2 is 2.31 bits per heavy atom. The average Bonchev–Trinajstić information content (AvgIpc) is 2.12. The molecule has 0 atom stereocenters. The normalized spacial score (nSPS) is 10.9. The first-order valence-electron chi connectivity index (χ1n) is 3.66. The predicted molar refractivity (Wildman–Crippen MR) is 45.9 cm³/mol. The highest BCUT2D eigenvalue weighted by atomic mass is 16.4. The smallest absolute Gasteiger partial charge is 0.143 e. The molecule has 0 amide bonds. The van der Waals surface area contributed by atoms with E-state index in [2.05, 4.69) is 10.1 Å². The molecule has 0 fully saturated rings. The van der Waals surface area contributed by atoms with Crippen LogP contribution in [0, 0.1) is 6.92 Å². The van der Waals surface area contributed by atoms with Crippen LogP contribution in [0.15, 0.2) is 11.4 Å². The Morgan fingerprint density at radius 3 is 2.85 bits per heavy atom. The number of aromatic hydroxyl groups is 1. The molecule has 1 heterocycles. The molecule has 1 aromatic heterocycles. The zero-order valence-electron chi connectivity index (χ0n) is 7.10. The Hall–Kier alpha value is -1.62. The minimum absolute atomic E-state index is 0.118. The Kier molecular flexibility index (Phi) is 2.81. The Balaban J connectivity index is 3.34. The second-order valence-electron chi connectivity index (χ2n) is 2.52. The molecule has 5 nitrogen and oxygen atoms in total. The van der Waals surface area contributed by atoms with Gasteiger partial charge in [0, 0.05) is 16.8 Å². The minimum Gasteiger partial charge on any atom is -0.506 e. The van der Waals surface area contributed by atoms with E-state index >= 15 is 0 Å². The molecule has 0 spiro atoms. The number of aromatic nitrogens is 1. The highest BCUT2D eigenvalue weighted by Gasteiger charge is 2.09. The van der Waals surface area contributed by atoms with Crippen LogP contribution in [0.2, 0.25) is 0 Å². The summed E-state index contributed by atoms with van der Waals surface area (Å²) in [5, 5.41) is 29.4. The van der Waals surface area contributed by atoms with E-state index < -0.39 is 0 Å². The molecule has 0 saturated carbocycles. The molecule has 0 bridgehead atoms. The minimum atomic E-state index is -0.255. The number of pyridine rings is 1. The standard InChI is InChI=1S/C8H10N2O3/c1-5-7(4-11)6(2-10-13)8(12)3-9-5/h2-3,11-13H,4H2,1H3/b10-2+. The lowest BCUT2D eigenvalue weighted by molar-refractivity contribution is 0.279. The summed E-state index contributed by atoms with van der Waals surface area (Å²) in [4.78, 5) is 3.84. The Morgan fingerprint density at radius 1 is 1.62 bits per heavy atom. The quantitative estimate of drug-likeness (QED) is 0.351. The molecule has 13 heavy (non-hydrogen) atoms. The number of hydrogen-bond donors (Lipinski definition) is 3. The van der Waals surface area contributed by atoms with Crippen molar-refractivity contribution in [2.45, 2.75) is 13.5 Å². The highest BCUT2D eigenvalue weighted by molar-refractivity contribution is 5.85. The van der Waals surface area contributed by atoms with E-state index in [1.54, 1.807) is 6.92 Å². The third kappa shape index (κ3) is 1.75. The summed E-state index contributed by atoms with van der Waals surface area (Å²) in [6.07, 6.45) is 2.31. The van der Waals surface area contributed by atoms with Crippen molar-refractivity contribution in [2.24, 2.45) is 5.16 Å². The third-order valence-electron chi connectivity index (χ3n) is 1.76. The van der Waals surface area contributed by atoms with Crippen LogP contribution < -0.4 is 0 Å².